The number of fused-ring (bicyclic) bond motifs is 2. The number of rotatable bonds is 6. The van der Waals surface area contributed by atoms with E-state index < -0.39 is 11.6 Å². The van der Waals surface area contributed by atoms with Crippen molar-refractivity contribution in [3.8, 4) is 0 Å². The van der Waals surface area contributed by atoms with Crippen LogP contribution >= 0.6 is 0 Å². The van der Waals surface area contributed by atoms with Crippen LogP contribution in [0.15, 0.2) is 18.2 Å². The summed E-state index contributed by atoms with van der Waals surface area (Å²) >= 11 is 0. The molecule has 2 bridgehead atoms. The first-order valence-corrected chi connectivity index (χ1v) is 8.10. The third-order valence-electron chi connectivity index (χ3n) is 5.04. The Bertz CT molecular complexity index is 492. The number of piperidine rings is 1. The van der Waals surface area contributed by atoms with Gasteiger partial charge in [0.2, 0.25) is 0 Å². The molecule has 21 heavy (non-hydrogen) atoms. The van der Waals surface area contributed by atoms with E-state index in [0.717, 1.165) is 31.5 Å². The van der Waals surface area contributed by atoms with Crippen LogP contribution in [0.2, 0.25) is 0 Å². The van der Waals surface area contributed by atoms with E-state index in [2.05, 4.69) is 10.2 Å². The number of likely N-dealkylation sites (tertiary alicyclic amines) is 1. The second-order valence-electron chi connectivity index (χ2n) is 6.37. The van der Waals surface area contributed by atoms with E-state index in [1.54, 1.807) is 12.1 Å². The highest BCUT2D eigenvalue weighted by Crippen LogP contribution is 2.37. The molecule has 3 atom stereocenters. The molecule has 1 saturated heterocycles. The van der Waals surface area contributed by atoms with E-state index in [-0.39, 0.29) is 6.04 Å². The minimum atomic E-state index is -0.754. The first kappa shape index (κ1) is 14.9. The molecule has 2 nitrogen and oxygen atoms in total. The van der Waals surface area contributed by atoms with Crippen LogP contribution in [0.5, 0.6) is 0 Å². The fraction of sp³-hybridized carbons (Fsp3) is 0.647. The van der Waals surface area contributed by atoms with Gasteiger partial charge in [-0.15, -0.1) is 0 Å². The fourth-order valence-corrected chi connectivity index (χ4v) is 4.00. The molecular weight excluding hydrogens is 270 g/mol. The van der Waals surface area contributed by atoms with Gasteiger partial charge < -0.3 is 10.2 Å². The number of halogens is 2. The second kappa shape index (κ2) is 6.41. The molecule has 1 aromatic rings. The van der Waals surface area contributed by atoms with Crippen molar-refractivity contribution in [3.05, 3.63) is 35.4 Å². The SMILES string of the molecule is CCNC(CCN1CC2CCC1C2)c1cccc(F)c1F. The van der Waals surface area contributed by atoms with E-state index in [1.807, 2.05) is 6.92 Å². The van der Waals surface area contributed by atoms with E-state index in [0.29, 0.717) is 5.56 Å². The van der Waals surface area contributed by atoms with E-state index in [9.17, 15) is 8.78 Å². The standard InChI is InChI=1S/C17H24F2N2/c1-2-20-16(14-4-3-5-15(18)17(14)19)8-9-21-11-12-6-7-13(21)10-12/h3-5,12-13,16,20H,2,6-11H2,1H3. The van der Waals surface area contributed by atoms with E-state index >= 15 is 0 Å². The lowest BCUT2D eigenvalue weighted by molar-refractivity contribution is 0.202. The summed E-state index contributed by atoms with van der Waals surface area (Å²) in [5.41, 5.74) is 0.459. The van der Waals surface area contributed by atoms with Crippen molar-refractivity contribution in [1.82, 2.24) is 10.2 Å². The van der Waals surface area contributed by atoms with Gasteiger partial charge in [0.15, 0.2) is 11.6 Å². The average molecular weight is 294 g/mol. The van der Waals surface area contributed by atoms with Crippen LogP contribution in [0.3, 0.4) is 0 Å². The van der Waals surface area contributed by atoms with Crippen LogP contribution in [-0.4, -0.2) is 30.6 Å². The topological polar surface area (TPSA) is 15.3 Å². The Hall–Kier alpha value is -1.00. The highest BCUT2D eigenvalue weighted by molar-refractivity contribution is 5.22. The Balaban J connectivity index is 1.65. The summed E-state index contributed by atoms with van der Waals surface area (Å²) in [5, 5.41) is 3.30. The lowest BCUT2D eigenvalue weighted by atomic mass is 10.0. The Morgan fingerprint density at radius 2 is 2.19 bits per heavy atom. The molecule has 1 aliphatic heterocycles. The maximum Gasteiger partial charge on any atom is 0.163 e. The molecule has 2 aliphatic rings. The summed E-state index contributed by atoms with van der Waals surface area (Å²) in [6.45, 7) is 4.92. The molecule has 1 aliphatic carbocycles. The molecular formula is C17H24F2N2. The number of hydrogen-bond acceptors (Lipinski definition) is 2. The second-order valence-corrected chi connectivity index (χ2v) is 6.37. The lowest BCUT2D eigenvalue weighted by Crippen LogP contribution is -2.35. The van der Waals surface area contributed by atoms with Crippen LogP contribution in [0.1, 0.15) is 44.2 Å². The lowest BCUT2D eigenvalue weighted by Gasteiger charge is -2.29. The predicted octanol–water partition coefficient (Wildman–Crippen LogP) is 3.49. The first-order valence-electron chi connectivity index (χ1n) is 8.10. The maximum absolute atomic E-state index is 14.0. The third kappa shape index (κ3) is 3.11. The number of nitrogens with zero attached hydrogens (tertiary/aromatic N) is 1. The van der Waals surface area contributed by atoms with Crippen molar-refractivity contribution in [2.75, 3.05) is 19.6 Å². The first-order chi connectivity index (χ1) is 10.2. The molecule has 1 N–H and O–H groups in total. The summed E-state index contributed by atoms with van der Waals surface area (Å²) in [5.74, 6) is -0.583. The molecule has 4 heteroatoms. The summed E-state index contributed by atoms with van der Waals surface area (Å²) in [6.07, 6.45) is 4.85. The van der Waals surface area contributed by atoms with Gasteiger partial charge in [0.05, 0.1) is 0 Å². The van der Waals surface area contributed by atoms with Gasteiger partial charge in [-0.05, 0) is 44.2 Å². The predicted molar refractivity (Wildman–Crippen MR) is 80.1 cm³/mol. The zero-order valence-electron chi connectivity index (χ0n) is 12.6. The Labute approximate surface area is 125 Å². The summed E-state index contributed by atoms with van der Waals surface area (Å²) < 4.78 is 27.4. The Morgan fingerprint density at radius 1 is 1.33 bits per heavy atom. The molecule has 116 valence electrons. The van der Waals surface area contributed by atoms with Crippen molar-refractivity contribution in [2.24, 2.45) is 5.92 Å². The van der Waals surface area contributed by atoms with Crippen LogP contribution in [0, 0.1) is 17.6 Å². The van der Waals surface area contributed by atoms with Gasteiger partial charge in [-0.2, -0.15) is 0 Å². The smallest absolute Gasteiger partial charge is 0.163 e. The molecule has 3 rings (SSSR count). The summed E-state index contributed by atoms with van der Waals surface area (Å²) in [6, 6.07) is 5.10. The molecule has 1 heterocycles. The quantitative estimate of drug-likeness (QED) is 0.864. The normalized spacial score (nSPS) is 26.4. The van der Waals surface area contributed by atoms with Crippen molar-refractivity contribution in [3.63, 3.8) is 0 Å². The van der Waals surface area contributed by atoms with Gasteiger partial charge in [-0.3, -0.25) is 0 Å². The average Bonchev–Trinajstić information content (AvgIpc) is 3.09. The molecule has 0 spiro atoms. The number of nitrogens with one attached hydrogen (secondary N) is 1. The maximum atomic E-state index is 14.0. The van der Waals surface area contributed by atoms with Gasteiger partial charge in [-0.25, -0.2) is 8.78 Å². The third-order valence-corrected chi connectivity index (χ3v) is 5.04. The van der Waals surface area contributed by atoms with Crippen LogP contribution in [-0.2, 0) is 0 Å². The van der Waals surface area contributed by atoms with Gasteiger partial charge in [-0.1, -0.05) is 19.1 Å². The summed E-state index contributed by atoms with van der Waals surface area (Å²) in [4.78, 5) is 2.54. The highest BCUT2D eigenvalue weighted by atomic mass is 19.2. The van der Waals surface area contributed by atoms with Gasteiger partial charge >= 0.3 is 0 Å². The van der Waals surface area contributed by atoms with Crippen LogP contribution in [0.4, 0.5) is 8.78 Å². The van der Waals surface area contributed by atoms with Crippen molar-refractivity contribution in [1.29, 1.82) is 0 Å². The highest BCUT2D eigenvalue weighted by Gasteiger charge is 2.37. The molecule has 3 unspecified atom stereocenters. The van der Waals surface area contributed by atoms with Gasteiger partial charge in [0, 0.05) is 30.7 Å². The summed E-state index contributed by atoms with van der Waals surface area (Å²) in [7, 11) is 0. The zero-order chi connectivity index (χ0) is 14.8. The Morgan fingerprint density at radius 3 is 2.86 bits per heavy atom. The van der Waals surface area contributed by atoms with Crippen LogP contribution < -0.4 is 5.32 Å². The van der Waals surface area contributed by atoms with Gasteiger partial charge in [0.25, 0.3) is 0 Å². The Kier molecular flexibility index (Phi) is 4.55. The number of benzene rings is 1. The van der Waals surface area contributed by atoms with E-state index in [1.165, 1.54) is 31.9 Å². The number of hydrogen-bond donors (Lipinski definition) is 1. The molecule has 1 aromatic carbocycles. The molecule has 0 radical (unpaired) electrons. The zero-order valence-corrected chi connectivity index (χ0v) is 12.6. The molecule has 0 amide bonds. The van der Waals surface area contributed by atoms with Crippen molar-refractivity contribution in [2.45, 2.75) is 44.7 Å². The van der Waals surface area contributed by atoms with E-state index in [4.69, 9.17) is 0 Å². The van der Waals surface area contributed by atoms with Crippen molar-refractivity contribution < 1.29 is 8.78 Å². The van der Waals surface area contributed by atoms with Crippen LogP contribution in [0.25, 0.3) is 0 Å². The van der Waals surface area contributed by atoms with Crippen molar-refractivity contribution >= 4 is 0 Å². The molecule has 1 saturated carbocycles. The fourth-order valence-electron chi connectivity index (χ4n) is 4.00. The van der Waals surface area contributed by atoms with Gasteiger partial charge in [0.1, 0.15) is 0 Å². The minimum Gasteiger partial charge on any atom is -0.310 e. The molecule has 0 aromatic heterocycles. The monoisotopic (exact) mass is 294 g/mol. The minimum absolute atomic E-state index is 0.107. The molecule has 2 fully saturated rings. The largest absolute Gasteiger partial charge is 0.310 e.